The van der Waals surface area contributed by atoms with Crippen molar-refractivity contribution in [3.05, 3.63) is 29.6 Å². The predicted octanol–water partition coefficient (Wildman–Crippen LogP) is 1.81. The average molecular weight is 296 g/mol. The Morgan fingerprint density at radius 3 is 3.00 bits per heavy atom. The summed E-state index contributed by atoms with van der Waals surface area (Å²) in [5.74, 6) is -0.0225. The van der Waals surface area contributed by atoms with E-state index in [-0.39, 0.29) is 11.9 Å². The first kappa shape index (κ1) is 16.2. The molecule has 1 aliphatic heterocycles. The number of para-hydroxylation sites is 1. The van der Waals surface area contributed by atoms with Gasteiger partial charge < -0.3 is 15.2 Å². The molecular weight excluding hydrogens is 271 g/mol. The molecule has 1 aliphatic rings. The molecule has 21 heavy (non-hydrogen) atoms. The van der Waals surface area contributed by atoms with Crippen LogP contribution in [0.15, 0.2) is 18.2 Å². The molecule has 2 rings (SSSR count). The minimum absolute atomic E-state index is 0.0218. The van der Waals surface area contributed by atoms with Crippen LogP contribution in [0.25, 0.3) is 0 Å². The number of nitrogens with two attached hydrogens (primary N) is 1. The highest BCUT2D eigenvalue weighted by atomic mass is 19.1. The second kappa shape index (κ2) is 7.73. The third-order valence-corrected chi connectivity index (χ3v) is 3.78. The highest BCUT2D eigenvalue weighted by molar-refractivity contribution is 5.35. The van der Waals surface area contributed by atoms with Gasteiger partial charge in [0, 0.05) is 19.1 Å². The molecule has 4 nitrogen and oxygen atoms in total. The van der Waals surface area contributed by atoms with E-state index in [4.69, 9.17) is 15.2 Å². The summed E-state index contributed by atoms with van der Waals surface area (Å²) in [6.45, 7) is 7.62. The van der Waals surface area contributed by atoms with E-state index in [0.717, 1.165) is 18.7 Å². The number of rotatable bonds is 6. The number of benzene rings is 1. The fourth-order valence-corrected chi connectivity index (χ4v) is 2.56. The van der Waals surface area contributed by atoms with Crippen LogP contribution in [0, 0.1) is 5.82 Å². The normalized spacial score (nSPS) is 20.0. The van der Waals surface area contributed by atoms with Gasteiger partial charge in [-0.3, -0.25) is 4.90 Å². The Bertz CT molecular complexity index is 454. The Morgan fingerprint density at radius 2 is 2.29 bits per heavy atom. The van der Waals surface area contributed by atoms with E-state index in [0.29, 0.717) is 38.0 Å². The molecule has 1 aromatic rings. The molecule has 0 amide bonds. The summed E-state index contributed by atoms with van der Waals surface area (Å²) in [5.41, 5.74) is 6.37. The molecular formula is C16H25FN2O2. The van der Waals surface area contributed by atoms with E-state index < -0.39 is 0 Å². The zero-order valence-electron chi connectivity index (χ0n) is 12.8. The smallest absolute Gasteiger partial charge is 0.165 e. The lowest BCUT2D eigenvalue weighted by Crippen LogP contribution is -2.47. The van der Waals surface area contributed by atoms with Gasteiger partial charge in [0.05, 0.1) is 6.61 Å². The SMILES string of the molecule is CC(C)N1CCOC(COc2c(F)cccc2CCN)C1. The molecule has 1 unspecified atom stereocenters. The van der Waals surface area contributed by atoms with Crippen molar-refractivity contribution in [3.63, 3.8) is 0 Å². The molecule has 0 spiro atoms. The standard InChI is InChI=1S/C16H25FN2O2/c1-12(2)19-8-9-20-14(10-19)11-21-16-13(6-7-18)4-3-5-15(16)17/h3-5,12,14H,6-11,18H2,1-2H3. The Kier molecular flexibility index (Phi) is 5.96. The van der Waals surface area contributed by atoms with Gasteiger partial charge in [0.1, 0.15) is 12.7 Å². The van der Waals surface area contributed by atoms with E-state index in [2.05, 4.69) is 18.7 Å². The summed E-state index contributed by atoms with van der Waals surface area (Å²) in [5, 5.41) is 0. The maximum atomic E-state index is 13.9. The Labute approximate surface area is 126 Å². The fraction of sp³-hybridized carbons (Fsp3) is 0.625. The van der Waals surface area contributed by atoms with Crippen LogP contribution < -0.4 is 10.5 Å². The Hall–Kier alpha value is -1.17. The van der Waals surface area contributed by atoms with Gasteiger partial charge >= 0.3 is 0 Å². The van der Waals surface area contributed by atoms with E-state index in [1.807, 2.05) is 6.07 Å². The molecule has 1 fully saturated rings. The number of ether oxygens (including phenoxy) is 2. The van der Waals surface area contributed by atoms with Crippen molar-refractivity contribution < 1.29 is 13.9 Å². The van der Waals surface area contributed by atoms with Gasteiger partial charge in [-0.1, -0.05) is 12.1 Å². The van der Waals surface area contributed by atoms with E-state index in [1.165, 1.54) is 6.07 Å². The van der Waals surface area contributed by atoms with Gasteiger partial charge in [-0.15, -0.1) is 0 Å². The third kappa shape index (κ3) is 4.40. The second-order valence-electron chi connectivity index (χ2n) is 5.66. The van der Waals surface area contributed by atoms with Crippen molar-refractivity contribution in [1.82, 2.24) is 4.90 Å². The van der Waals surface area contributed by atoms with Crippen molar-refractivity contribution in [1.29, 1.82) is 0 Å². The van der Waals surface area contributed by atoms with Crippen LogP contribution in [0.3, 0.4) is 0 Å². The Balaban J connectivity index is 1.96. The maximum absolute atomic E-state index is 13.9. The lowest BCUT2D eigenvalue weighted by Gasteiger charge is -2.35. The molecule has 0 aliphatic carbocycles. The first-order valence-corrected chi connectivity index (χ1v) is 7.57. The lowest BCUT2D eigenvalue weighted by atomic mass is 10.1. The van der Waals surface area contributed by atoms with Crippen LogP contribution in [0.5, 0.6) is 5.75 Å². The fourth-order valence-electron chi connectivity index (χ4n) is 2.56. The van der Waals surface area contributed by atoms with Crippen molar-refractivity contribution in [2.45, 2.75) is 32.4 Å². The summed E-state index contributed by atoms with van der Waals surface area (Å²) in [4.78, 5) is 2.35. The first-order valence-electron chi connectivity index (χ1n) is 7.57. The predicted molar refractivity (Wildman–Crippen MR) is 81.1 cm³/mol. The highest BCUT2D eigenvalue weighted by Gasteiger charge is 2.23. The summed E-state index contributed by atoms with van der Waals surface area (Å²) < 4.78 is 25.3. The van der Waals surface area contributed by atoms with Crippen molar-refractivity contribution in [2.24, 2.45) is 5.73 Å². The first-order chi connectivity index (χ1) is 10.1. The maximum Gasteiger partial charge on any atom is 0.165 e. The molecule has 5 heteroatoms. The van der Waals surface area contributed by atoms with Crippen LogP contribution in [0.1, 0.15) is 19.4 Å². The highest BCUT2D eigenvalue weighted by Crippen LogP contribution is 2.23. The topological polar surface area (TPSA) is 47.7 Å². The number of nitrogens with zero attached hydrogens (tertiary/aromatic N) is 1. The molecule has 1 saturated heterocycles. The van der Waals surface area contributed by atoms with Crippen molar-refractivity contribution in [2.75, 3.05) is 32.8 Å². The molecule has 1 atom stereocenters. The number of morpholine rings is 1. The van der Waals surface area contributed by atoms with E-state index in [1.54, 1.807) is 6.07 Å². The molecule has 1 heterocycles. The third-order valence-electron chi connectivity index (χ3n) is 3.78. The summed E-state index contributed by atoms with van der Waals surface area (Å²) >= 11 is 0. The monoisotopic (exact) mass is 296 g/mol. The molecule has 0 aromatic heterocycles. The molecule has 2 N–H and O–H groups in total. The van der Waals surface area contributed by atoms with Crippen LogP contribution >= 0.6 is 0 Å². The molecule has 1 aromatic carbocycles. The van der Waals surface area contributed by atoms with Crippen LogP contribution in [0.4, 0.5) is 4.39 Å². The Morgan fingerprint density at radius 1 is 1.48 bits per heavy atom. The summed E-state index contributed by atoms with van der Waals surface area (Å²) in [6, 6.07) is 5.44. The van der Waals surface area contributed by atoms with Crippen molar-refractivity contribution >= 4 is 0 Å². The zero-order chi connectivity index (χ0) is 15.2. The van der Waals surface area contributed by atoms with Crippen molar-refractivity contribution in [3.8, 4) is 5.75 Å². The number of halogens is 1. The quantitative estimate of drug-likeness (QED) is 0.870. The second-order valence-corrected chi connectivity index (χ2v) is 5.66. The molecule has 0 saturated carbocycles. The van der Waals surface area contributed by atoms with Crippen LogP contribution in [-0.2, 0) is 11.2 Å². The molecule has 0 radical (unpaired) electrons. The van der Waals surface area contributed by atoms with Crippen LogP contribution in [0.2, 0.25) is 0 Å². The minimum Gasteiger partial charge on any atom is -0.487 e. The minimum atomic E-state index is -0.336. The van der Waals surface area contributed by atoms with Gasteiger partial charge in [-0.05, 0) is 38.4 Å². The van der Waals surface area contributed by atoms with Gasteiger partial charge in [0.25, 0.3) is 0 Å². The number of hydrogen-bond donors (Lipinski definition) is 1. The van der Waals surface area contributed by atoms with Gasteiger partial charge in [0.2, 0.25) is 0 Å². The largest absolute Gasteiger partial charge is 0.487 e. The molecule has 0 bridgehead atoms. The van der Waals surface area contributed by atoms with Gasteiger partial charge in [0.15, 0.2) is 11.6 Å². The van der Waals surface area contributed by atoms with E-state index in [9.17, 15) is 4.39 Å². The average Bonchev–Trinajstić information content (AvgIpc) is 2.47. The summed E-state index contributed by atoms with van der Waals surface area (Å²) in [7, 11) is 0. The number of hydrogen-bond acceptors (Lipinski definition) is 4. The van der Waals surface area contributed by atoms with Gasteiger partial charge in [-0.25, -0.2) is 4.39 Å². The van der Waals surface area contributed by atoms with E-state index >= 15 is 0 Å². The summed E-state index contributed by atoms with van der Waals surface area (Å²) in [6.07, 6.45) is 0.586. The van der Waals surface area contributed by atoms with Gasteiger partial charge in [-0.2, -0.15) is 0 Å². The lowest BCUT2D eigenvalue weighted by molar-refractivity contribution is -0.0569. The van der Waals surface area contributed by atoms with Crippen LogP contribution in [-0.4, -0.2) is 49.9 Å². The molecule has 118 valence electrons. The zero-order valence-corrected chi connectivity index (χ0v) is 12.8.